The largest absolute Gasteiger partial charge is 0.495 e. The number of benzene rings is 2. The Morgan fingerprint density at radius 3 is 2.40 bits per heavy atom. The number of aromatic nitrogens is 3. The SMILES string of the molecule is CC.CC(C)(C)O.Cc1ccc2c(c1)-c1cccc(c1)-c1cc3nc(C)c(CC(=O)O)c(n3n1)N1CCC(C)(CC1)O/C=C\CCCO2. The van der Waals surface area contributed by atoms with Gasteiger partial charge in [0.05, 0.1) is 30.6 Å². The number of carbonyl (C=O) groups is 1. The van der Waals surface area contributed by atoms with E-state index in [0.717, 1.165) is 78.3 Å². The highest BCUT2D eigenvalue weighted by Crippen LogP contribution is 2.36. The minimum atomic E-state index is -0.886. The molecule has 258 valence electrons. The van der Waals surface area contributed by atoms with Crippen LogP contribution in [0.2, 0.25) is 0 Å². The van der Waals surface area contributed by atoms with E-state index < -0.39 is 11.6 Å². The van der Waals surface area contributed by atoms with Crippen LogP contribution in [-0.2, 0) is 16.0 Å². The number of aliphatic carboxylic acids is 1. The van der Waals surface area contributed by atoms with Gasteiger partial charge in [0.25, 0.3) is 0 Å². The molecule has 0 aliphatic carbocycles. The van der Waals surface area contributed by atoms with Crippen LogP contribution in [-0.4, -0.2) is 61.7 Å². The Balaban J connectivity index is 0.000000682. The van der Waals surface area contributed by atoms with Gasteiger partial charge in [0.1, 0.15) is 17.2 Å². The Kier molecular flexibility index (Phi) is 11.9. The summed E-state index contributed by atoms with van der Waals surface area (Å²) in [5.41, 5.74) is 6.31. The van der Waals surface area contributed by atoms with Gasteiger partial charge in [0.15, 0.2) is 5.65 Å². The van der Waals surface area contributed by atoms with Crippen LogP contribution >= 0.6 is 0 Å². The molecule has 0 spiro atoms. The fourth-order valence-electron chi connectivity index (χ4n) is 5.77. The van der Waals surface area contributed by atoms with Gasteiger partial charge in [-0.05, 0) is 84.2 Å². The minimum Gasteiger partial charge on any atom is -0.495 e. The van der Waals surface area contributed by atoms with Gasteiger partial charge >= 0.3 is 5.97 Å². The quantitative estimate of drug-likeness (QED) is 0.222. The van der Waals surface area contributed by atoms with Crippen LogP contribution in [0.25, 0.3) is 28.0 Å². The zero-order valence-corrected chi connectivity index (χ0v) is 29.8. The van der Waals surface area contributed by atoms with Crippen molar-refractivity contribution in [3.05, 3.63) is 77.7 Å². The lowest BCUT2D eigenvalue weighted by Crippen LogP contribution is -2.44. The van der Waals surface area contributed by atoms with E-state index >= 15 is 0 Å². The maximum Gasteiger partial charge on any atom is 0.308 e. The highest BCUT2D eigenvalue weighted by molar-refractivity contribution is 5.78. The molecule has 9 heteroatoms. The van der Waals surface area contributed by atoms with Crippen molar-refractivity contribution in [2.75, 3.05) is 24.6 Å². The van der Waals surface area contributed by atoms with Gasteiger partial charge in [0.2, 0.25) is 0 Å². The number of anilines is 1. The van der Waals surface area contributed by atoms with Crippen LogP contribution in [0.5, 0.6) is 5.75 Å². The van der Waals surface area contributed by atoms with E-state index in [1.807, 2.05) is 55.8 Å². The number of rotatable bonds is 2. The molecule has 6 bridgehead atoms. The van der Waals surface area contributed by atoms with Crippen molar-refractivity contribution < 1.29 is 24.5 Å². The van der Waals surface area contributed by atoms with E-state index in [1.165, 1.54) is 0 Å². The van der Waals surface area contributed by atoms with Crippen molar-refractivity contribution >= 4 is 17.4 Å². The summed E-state index contributed by atoms with van der Waals surface area (Å²) in [4.78, 5) is 18.9. The van der Waals surface area contributed by atoms with Gasteiger partial charge in [-0.15, -0.1) is 0 Å². The highest BCUT2D eigenvalue weighted by atomic mass is 16.5. The minimum absolute atomic E-state index is 0.113. The summed E-state index contributed by atoms with van der Waals surface area (Å²) in [5.74, 6) is 0.773. The van der Waals surface area contributed by atoms with Crippen LogP contribution in [0.15, 0.2) is 60.9 Å². The first-order valence-corrected chi connectivity index (χ1v) is 17.1. The number of aliphatic hydroxyl groups is 1. The zero-order chi connectivity index (χ0) is 35.1. The van der Waals surface area contributed by atoms with Gasteiger partial charge in [-0.1, -0.05) is 43.7 Å². The number of piperidine rings is 1. The summed E-state index contributed by atoms with van der Waals surface area (Å²) in [6.45, 7) is 17.4. The molecule has 5 heterocycles. The first-order chi connectivity index (χ1) is 22.8. The Bertz CT molecular complexity index is 1720. The normalized spacial score (nSPS) is 16.3. The fraction of sp³-hybridized carbons (Fsp3) is 0.462. The Hall–Kier alpha value is -4.37. The maximum absolute atomic E-state index is 11.9. The number of hydrogen-bond acceptors (Lipinski definition) is 7. The van der Waals surface area contributed by atoms with Crippen molar-refractivity contribution in [2.45, 2.75) is 98.7 Å². The lowest BCUT2D eigenvalue weighted by atomic mass is 9.93. The number of hydrogen-bond donors (Lipinski definition) is 2. The lowest BCUT2D eigenvalue weighted by molar-refractivity contribution is -0.136. The topological polar surface area (TPSA) is 109 Å². The van der Waals surface area contributed by atoms with Gasteiger partial charge in [-0.2, -0.15) is 9.61 Å². The number of ether oxygens (including phenoxy) is 2. The Morgan fingerprint density at radius 1 is 1.02 bits per heavy atom. The number of fused-ring (bicyclic) bond motifs is 7. The van der Waals surface area contributed by atoms with Crippen LogP contribution in [0.3, 0.4) is 0 Å². The van der Waals surface area contributed by atoms with E-state index in [9.17, 15) is 9.90 Å². The van der Waals surface area contributed by atoms with Crippen LogP contribution in [0.1, 0.15) is 84.0 Å². The molecule has 48 heavy (non-hydrogen) atoms. The average Bonchev–Trinajstić information content (AvgIpc) is 3.45. The number of carboxylic acids is 1. The third-order valence-electron chi connectivity index (χ3n) is 8.15. The molecule has 7 rings (SSSR count). The molecule has 3 aliphatic heterocycles. The molecule has 0 amide bonds. The molecular formula is C39H52N4O5. The lowest BCUT2D eigenvalue weighted by Gasteiger charge is -2.40. The smallest absolute Gasteiger partial charge is 0.308 e. The molecule has 2 aromatic heterocycles. The van der Waals surface area contributed by atoms with E-state index in [1.54, 1.807) is 20.8 Å². The molecular weight excluding hydrogens is 604 g/mol. The zero-order valence-electron chi connectivity index (χ0n) is 29.8. The molecule has 0 atom stereocenters. The Morgan fingerprint density at radius 2 is 1.71 bits per heavy atom. The van der Waals surface area contributed by atoms with Crippen LogP contribution in [0.4, 0.5) is 5.82 Å². The van der Waals surface area contributed by atoms with E-state index in [-0.39, 0.29) is 12.0 Å². The van der Waals surface area contributed by atoms with Gasteiger partial charge in [-0.25, -0.2) is 4.98 Å². The number of nitrogens with zero attached hydrogens (tertiary/aromatic N) is 4. The fourth-order valence-corrected chi connectivity index (χ4v) is 5.77. The summed E-state index contributed by atoms with van der Waals surface area (Å²) < 4.78 is 14.3. The van der Waals surface area contributed by atoms with Crippen molar-refractivity contribution in [1.82, 2.24) is 14.6 Å². The molecule has 1 saturated heterocycles. The maximum atomic E-state index is 11.9. The first-order valence-electron chi connectivity index (χ1n) is 17.1. The van der Waals surface area contributed by atoms with Crippen molar-refractivity contribution in [2.24, 2.45) is 0 Å². The Labute approximate surface area is 285 Å². The second-order valence-electron chi connectivity index (χ2n) is 13.5. The molecule has 0 saturated carbocycles. The third-order valence-corrected chi connectivity index (χ3v) is 8.15. The summed E-state index contributed by atoms with van der Waals surface area (Å²) in [5, 5.41) is 23.3. The predicted octanol–water partition coefficient (Wildman–Crippen LogP) is 8.17. The summed E-state index contributed by atoms with van der Waals surface area (Å²) in [6, 6.07) is 16.6. The molecule has 0 radical (unpaired) electrons. The second-order valence-corrected chi connectivity index (χ2v) is 13.5. The summed E-state index contributed by atoms with van der Waals surface area (Å²) in [7, 11) is 0. The molecule has 1 fully saturated rings. The van der Waals surface area contributed by atoms with Crippen molar-refractivity contribution in [3.63, 3.8) is 0 Å². The van der Waals surface area contributed by atoms with Crippen LogP contribution in [0, 0.1) is 13.8 Å². The average molecular weight is 657 g/mol. The molecule has 0 unspecified atom stereocenters. The van der Waals surface area contributed by atoms with Gasteiger partial charge in [-0.3, -0.25) is 4.79 Å². The number of allylic oxidation sites excluding steroid dienone is 1. The van der Waals surface area contributed by atoms with Gasteiger partial charge in [0, 0.05) is 54.4 Å². The third kappa shape index (κ3) is 9.37. The number of aryl methyl sites for hydroxylation is 2. The van der Waals surface area contributed by atoms with Crippen molar-refractivity contribution in [1.29, 1.82) is 0 Å². The van der Waals surface area contributed by atoms with E-state index in [2.05, 4.69) is 49.1 Å². The summed E-state index contributed by atoms with van der Waals surface area (Å²) in [6.07, 6.45) is 7.17. The molecule has 2 aromatic carbocycles. The second kappa shape index (κ2) is 15.7. The predicted molar refractivity (Wildman–Crippen MR) is 193 cm³/mol. The summed E-state index contributed by atoms with van der Waals surface area (Å²) >= 11 is 0. The number of carboxylic acid groups (broad SMARTS) is 1. The van der Waals surface area contributed by atoms with E-state index in [0.29, 0.717) is 23.5 Å². The van der Waals surface area contributed by atoms with Gasteiger partial charge < -0.3 is 24.6 Å². The monoisotopic (exact) mass is 656 g/mol. The molecule has 2 N–H and O–H groups in total. The highest BCUT2D eigenvalue weighted by Gasteiger charge is 2.33. The standard InChI is InChI=1S/C33H36N4O4.C4H10O.C2H6/c1-22-10-11-29-27(18-22)24-8-7-9-25(19-24)28-21-30-34-23(2)26(20-31(38)39)32(37(30)35-28)36-14-12-33(3,13-15-36)41-17-6-4-5-16-40-29;1-4(2,3)5;1-2/h6-11,17-19,21H,4-5,12-16,20H2,1-3H3,(H,38,39);5H,1-3H3;1-2H3/b17-6-;;. The molecule has 9 nitrogen and oxygen atoms in total. The van der Waals surface area contributed by atoms with Crippen LogP contribution < -0.4 is 9.64 Å². The first kappa shape index (κ1) is 36.5. The van der Waals surface area contributed by atoms with Crippen molar-refractivity contribution in [3.8, 4) is 28.1 Å². The van der Waals surface area contributed by atoms with E-state index in [4.69, 9.17) is 24.7 Å². The molecule has 3 aliphatic rings. The molecule has 4 aromatic rings.